The lowest BCUT2D eigenvalue weighted by Gasteiger charge is -2.06. The second-order valence-electron chi connectivity index (χ2n) is 6.55. The van der Waals surface area contributed by atoms with Gasteiger partial charge in [0.2, 0.25) is 0 Å². The molecule has 0 saturated heterocycles. The highest BCUT2D eigenvalue weighted by Crippen LogP contribution is 2.07. The molecule has 0 fully saturated rings. The van der Waals surface area contributed by atoms with Gasteiger partial charge in [0.1, 0.15) is 0 Å². The van der Waals surface area contributed by atoms with E-state index in [0.29, 0.717) is 12.1 Å². The fraction of sp³-hybridized carbons (Fsp3) is 0.120. The van der Waals surface area contributed by atoms with Crippen molar-refractivity contribution in [3.8, 4) is 11.8 Å². The smallest absolute Gasteiger partial charge is 0.335 e. The number of carbonyl (C=O) groups excluding carboxylic acids is 1. The molecule has 0 bridgehead atoms. The molecule has 0 radical (unpaired) electrons. The first kappa shape index (κ1) is 19.9. The van der Waals surface area contributed by atoms with Crippen molar-refractivity contribution in [1.82, 2.24) is 5.32 Å². The van der Waals surface area contributed by atoms with E-state index in [2.05, 4.69) is 29.3 Å². The monoisotopic (exact) mass is 383 g/mol. The van der Waals surface area contributed by atoms with Crippen molar-refractivity contribution in [3.05, 3.63) is 107 Å². The van der Waals surface area contributed by atoms with Gasteiger partial charge in [0.05, 0.1) is 5.56 Å². The predicted octanol–water partition coefficient (Wildman–Crippen LogP) is 4.30. The lowest BCUT2D eigenvalue weighted by Crippen LogP contribution is -2.22. The molecule has 0 aliphatic rings. The fourth-order valence-corrected chi connectivity index (χ4v) is 2.80. The molecule has 0 aromatic heterocycles. The average Bonchev–Trinajstić information content (AvgIpc) is 2.76. The van der Waals surface area contributed by atoms with Gasteiger partial charge in [-0.15, -0.1) is 0 Å². The lowest BCUT2D eigenvalue weighted by atomic mass is 10.1. The molecule has 0 unspecified atom stereocenters. The summed E-state index contributed by atoms with van der Waals surface area (Å²) in [5, 5.41) is 11.8. The number of benzene rings is 3. The maximum Gasteiger partial charge on any atom is 0.335 e. The van der Waals surface area contributed by atoms with Crippen LogP contribution in [0.15, 0.2) is 78.9 Å². The molecule has 4 nitrogen and oxygen atoms in total. The second-order valence-corrected chi connectivity index (χ2v) is 6.55. The van der Waals surface area contributed by atoms with Crippen LogP contribution < -0.4 is 5.32 Å². The average molecular weight is 383 g/mol. The molecule has 0 atom stereocenters. The number of hydrogen-bond donors (Lipinski definition) is 2. The predicted molar refractivity (Wildman–Crippen MR) is 113 cm³/mol. The Bertz CT molecular complexity index is 1040. The normalized spacial score (nSPS) is 9.93. The molecular weight excluding hydrogens is 362 g/mol. The molecule has 3 aromatic carbocycles. The van der Waals surface area contributed by atoms with Crippen molar-refractivity contribution >= 4 is 11.9 Å². The third kappa shape index (κ3) is 6.08. The van der Waals surface area contributed by atoms with E-state index in [0.717, 1.165) is 24.0 Å². The van der Waals surface area contributed by atoms with Crippen molar-refractivity contribution in [2.75, 3.05) is 0 Å². The van der Waals surface area contributed by atoms with Crippen LogP contribution in [0.5, 0.6) is 0 Å². The maximum atomic E-state index is 12.4. The first-order chi connectivity index (χ1) is 14.1. The summed E-state index contributed by atoms with van der Waals surface area (Å²) in [5.74, 6) is 5.11. The minimum atomic E-state index is -0.970. The number of carbonyl (C=O) groups is 2. The Kier molecular flexibility index (Phi) is 6.80. The molecule has 0 aliphatic carbocycles. The Morgan fingerprint density at radius 2 is 1.59 bits per heavy atom. The fourth-order valence-electron chi connectivity index (χ4n) is 2.80. The zero-order chi connectivity index (χ0) is 20.5. The highest BCUT2D eigenvalue weighted by Gasteiger charge is 2.06. The molecule has 3 aromatic rings. The highest BCUT2D eigenvalue weighted by molar-refractivity contribution is 5.94. The number of aromatic carboxylic acids is 1. The van der Waals surface area contributed by atoms with Crippen LogP contribution in [0, 0.1) is 11.8 Å². The van der Waals surface area contributed by atoms with Crippen molar-refractivity contribution in [1.29, 1.82) is 0 Å². The van der Waals surface area contributed by atoms with Crippen molar-refractivity contribution in [3.63, 3.8) is 0 Å². The number of carboxylic acid groups (broad SMARTS) is 1. The van der Waals surface area contributed by atoms with Gasteiger partial charge in [-0.3, -0.25) is 4.79 Å². The SMILES string of the molecule is O=C(O)c1ccc(CNC(=O)c2cccc(C#CCCc3ccccc3)c2)cc1. The first-order valence-corrected chi connectivity index (χ1v) is 9.35. The largest absolute Gasteiger partial charge is 0.478 e. The Morgan fingerprint density at radius 3 is 2.31 bits per heavy atom. The second kappa shape index (κ2) is 9.91. The van der Waals surface area contributed by atoms with E-state index in [1.807, 2.05) is 30.3 Å². The van der Waals surface area contributed by atoms with Crippen LogP contribution in [-0.4, -0.2) is 17.0 Å². The summed E-state index contributed by atoms with van der Waals surface area (Å²) in [5.41, 5.74) is 3.66. The van der Waals surface area contributed by atoms with Gasteiger partial charge in [0, 0.05) is 24.1 Å². The Hall–Kier alpha value is -3.84. The number of rotatable bonds is 6. The minimum Gasteiger partial charge on any atom is -0.478 e. The molecule has 4 heteroatoms. The summed E-state index contributed by atoms with van der Waals surface area (Å²) >= 11 is 0. The van der Waals surface area contributed by atoms with Crippen LogP contribution in [0.3, 0.4) is 0 Å². The molecular formula is C25H21NO3. The zero-order valence-electron chi connectivity index (χ0n) is 15.9. The van der Waals surface area contributed by atoms with E-state index in [4.69, 9.17) is 5.11 Å². The summed E-state index contributed by atoms with van der Waals surface area (Å²) < 4.78 is 0. The summed E-state index contributed by atoms with van der Waals surface area (Å²) in [6.07, 6.45) is 1.65. The first-order valence-electron chi connectivity index (χ1n) is 9.35. The minimum absolute atomic E-state index is 0.194. The summed E-state index contributed by atoms with van der Waals surface area (Å²) in [4.78, 5) is 23.3. The summed E-state index contributed by atoms with van der Waals surface area (Å²) in [7, 11) is 0. The standard InChI is InChI=1S/C25H21NO3/c27-24(26-18-21-13-15-22(16-14-21)25(28)29)23-12-6-11-20(17-23)10-5-4-9-19-7-2-1-3-8-19/h1-3,6-8,11-17H,4,9,18H2,(H,26,27)(H,28,29). The van der Waals surface area contributed by atoms with E-state index in [1.165, 1.54) is 17.7 Å². The van der Waals surface area contributed by atoms with Crippen LogP contribution in [0.1, 0.15) is 43.8 Å². The number of hydrogen-bond acceptors (Lipinski definition) is 2. The topological polar surface area (TPSA) is 66.4 Å². The zero-order valence-corrected chi connectivity index (χ0v) is 15.9. The van der Waals surface area contributed by atoms with Crippen LogP contribution in [0.25, 0.3) is 0 Å². The van der Waals surface area contributed by atoms with E-state index in [-0.39, 0.29) is 11.5 Å². The number of nitrogens with one attached hydrogen (secondary N) is 1. The molecule has 144 valence electrons. The van der Waals surface area contributed by atoms with Crippen LogP contribution in [-0.2, 0) is 13.0 Å². The Labute approximate surface area is 170 Å². The third-order valence-corrected chi connectivity index (χ3v) is 4.39. The molecule has 3 rings (SSSR count). The molecule has 0 spiro atoms. The quantitative estimate of drug-likeness (QED) is 0.624. The molecule has 0 heterocycles. The summed E-state index contributed by atoms with van der Waals surface area (Å²) in [6.45, 7) is 0.325. The summed E-state index contributed by atoms with van der Waals surface area (Å²) in [6, 6.07) is 23.9. The molecule has 29 heavy (non-hydrogen) atoms. The van der Waals surface area contributed by atoms with Crippen LogP contribution in [0.4, 0.5) is 0 Å². The van der Waals surface area contributed by atoms with Gasteiger partial charge in [-0.25, -0.2) is 4.79 Å². The van der Waals surface area contributed by atoms with Crippen LogP contribution >= 0.6 is 0 Å². The number of carboxylic acids is 1. The van der Waals surface area contributed by atoms with Crippen molar-refractivity contribution in [2.24, 2.45) is 0 Å². The van der Waals surface area contributed by atoms with Crippen molar-refractivity contribution in [2.45, 2.75) is 19.4 Å². The van der Waals surface area contributed by atoms with Crippen molar-refractivity contribution < 1.29 is 14.7 Å². The van der Waals surface area contributed by atoms with E-state index in [1.54, 1.807) is 24.3 Å². The Morgan fingerprint density at radius 1 is 0.828 bits per heavy atom. The van der Waals surface area contributed by atoms with Gasteiger partial charge < -0.3 is 10.4 Å². The Balaban J connectivity index is 1.55. The number of amides is 1. The molecule has 1 amide bonds. The number of aryl methyl sites for hydroxylation is 1. The maximum absolute atomic E-state index is 12.4. The molecule has 0 saturated carbocycles. The van der Waals surface area contributed by atoms with Gasteiger partial charge >= 0.3 is 5.97 Å². The van der Waals surface area contributed by atoms with Crippen LogP contribution in [0.2, 0.25) is 0 Å². The van der Waals surface area contributed by atoms with E-state index in [9.17, 15) is 9.59 Å². The molecule has 0 aliphatic heterocycles. The molecule has 2 N–H and O–H groups in total. The van der Waals surface area contributed by atoms with Gasteiger partial charge in [-0.1, -0.05) is 60.4 Å². The van der Waals surface area contributed by atoms with Gasteiger partial charge in [0.15, 0.2) is 0 Å². The highest BCUT2D eigenvalue weighted by atomic mass is 16.4. The van der Waals surface area contributed by atoms with Gasteiger partial charge in [0.25, 0.3) is 5.91 Å². The van der Waals surface area contributed by atoms with Gasteiger partial charge in [-0.2, -0.15) is 0 Å². The third-order valence-electron chi connectivity index (χ3n) is 4.39. The lowest BCUT2D eigenvalue weighted by molar-refractivity contribution is 0.0696. The van der Waals surface area contributed by atoms with E-state index < -0.39 is 5.97 Å². The van der Waals surface area contributed by atoms with Gasteiger partial charge in [-0.05, 0) is 47.9 Å². The van der Waals surface area contributed by atoms with E-state index >= 15 is 0 Å².